The average Bonchev–Trinajstić information content (AvgIpc) is 3.07. The summed E-state index contributed by atoms with van der Waals surface area (Å²) in [5.74, 6) is 0.385. The molecule has 0 saturated carbocycles. The number of aromatic nitrogens is 1. The second-order valence-electron chi connectivity index (χ2n) is 8.57. The van der Waals surface area contributed by atoms with Crippen LogP contribution in [0.3, 0.4) is 0 Å². The van der Waals surface area contributed by atoms with Gasteiger partial charge in [0.15, 0.2) is 17.3 Å². The summed E-state index contributed by atoms with van der Waals surface area (Å²) in [7, 11) is 0. The molecule has 5 nitrogen and oxygen atoms in total. The number of fused-ring (bicyclic) bond motifs is 2. The van der Waals surface area contributed by atoms with Crippen molar-refractivity contribution in [3.05, 3.63) is 59.4 Å². The highest BCUT2D eigenvalue weighted by atomic mass is 16.5. The van der Waals surface area contributed by atoms with Gasteiger partial charge in [-0.05, 0) is 36.1 Å². The predicted molar refractivity (Wildman–Crippen MR) is 104 cm³/mol. The van der Waals surface area contributed by atoms with Crippen molar-refractivity contribution in [2.45, 2.75) is 46.6 Å². The molecule has 0 bridgehead atoms. The van der Waals surface area contributed by atoms with Crippen LogP contribution < -0.4 is 4.74 Å². The van der Waals surface area contributed by atoms with E-state index < -0.39 is 10.8 Å². The van der Waals surface area contributed by atoms with Gasteiger partial charge in [-0.25, -0.2) is 0 Å². The number of hydrogen-bond acceptors (Lipinski definition) is 5. The molecule has 0 fully saturated rings. The van der Waals surface area contributed by atoms with Crippen LogP contribution in [-0.4, -0.2) is 16.7 Å². The van der Waals surface area contributed by atoms with Crippen molar-refractivity contribution in [3.63, 3.8) is 0 Å². The standard InChI is InChI=1S/C23H25NO4/c1-14(2)18-19-17(20(26)23(4)16(25)11-8-12-22(18,23)3)21(24-28-19)27-13-15-9-6-5-7-10-15/h5-11,14,18H,12-13H2,1-4H3. The Morgan fingerprint density at radius 2 is 1.93 bits per heavy atom. The Morgan fingerprint density at radius 3 is 2.61 bits per heavy atom. The summed E-state index contributed by atoms with van der Waals surface area (Å²) in [6, 6.07) is 9.67. The second kappa shape index (κ2) is 6.43. The SMILES string of the molecule is CC(C)C1c2onc(OCc3ccccc3)c2C(=O)C2(C)C(=O)C=CCC12C. The van der Waals surface area contributed by atoms with Gasteiger partial charge in [0, 0.05) is 11.3 Å². The highest BCUT2D eigenvalue weighted by Gasteiger charge is 2.65. The number of nitrogens with zero attached hydrogens (tertiary/aromatic N) is 1. The largest absolute Gasteiger partial charge is 0.470 e. The molecular formula is C23H25NO4. The Bertz CT molecular complexity index is 958. The number of carbonyl (C=O) groups excluding carboxylic acids is 2. The summed E-state index contributed by atoms with van der Waals surface area (Å²) in [4.78, 5) is 26.6. The summed E-state index contributed by atoms with van der Waals surface area (Å²) >= 11 is 0. The van der Waals surface area contributed by atoms with E-state index in [4.69, 9.17) is 9.26 Å². The Balaban J connectivity index is 1.80. The molecule has 0 saturated heterocycles. The zero-order valence-electron chi connectivity index (χ0n) is 16.7. The lowest BCUT2D eigenvalue weighted by atomic mass is 9.46. The van der Waals surface area contributed by atoms with E-state index >= 15 is 0 Å². The van der Waals surface area contributed by atoms with Crippen LogP contribution in [0.25, 0.3) is 0 Å². The molecule has 0 aliphatic heterocycles. The fraction of sp³-hybridized carbons (Fsp3) is 0.435. The Morgan fingerprint density at radius 1 is 1.21 bits per heavy atom. The van der Waals surface area contributed by atoms with Gasteiger partial charge >= 0.3 is 0 Å². The molecule has 2 aliphatic rings. The van der Waals surface area contributed by atoms with Crippen molar-refractivity contribution in [2.24, 2.45) is 16.7 Å². The van der Waals surface area contributed by atoms with Gasteiger partial charge in [0.25, 0.3) is 5.88 Å². The topological polar surface area (TPSA) is 69.4 Å². The number of benzene rings is 1. The van der Waals surface area contributed by atoms with Gasteiger partial charge in [-0.3, -0.25) is 9.59 Å². The van der Waals surface area contributed by atoms with Crippen molar-refractivity contribution in [2.75, 3.05) is 0 Å². The third-order valence-electron chi connectivity index (χ3n) is 6.67. The zero-order valence-corrected chi connectivity index (χ0v) is 16.7. The van der Waals surface area contributed by atoms with Crippen molar-refractivity contribution < 1.29 is 18.8 Å². The van der Waals surface area contributed by atoms with Crippen molar-refractivity contribution in [3.8, 4) is 5.88 Å². The van der Waals surface area contributed by atoms with Crippen LogP contribution in [-0.2, 0) is 11.4 Å². The highest BCUT2D eigenvalue weighted by Crippen LogP contribution is 2.62. The van der Waals surface area contributed by atoms with E-state index in [0.29, 0.717) is 17.7 Å². The van der Waals surface area contributed by atoms with E-state index in [9.17, 15) is 9.59 Å². The number of ether oxygens (including phenoxy) is 1. The minimum absolute atomic E-state index is 0.110. The Kier molecular flexibility index (Phi) is 4.29. The lowest BCUT2D eigenvalue weighted by Crippen LogP contribution is -2.57. The molecule has 4 rings (SSSR count). The normalized spacial score (nSPS) is 29.0. The van der Waals surface area contributed by atoms with Crippen molar-refractivity contribution in [1.29, 1.82) is 0 Å². The lowest BCUT2D eigenvalue weighted by molar-refractivity contribution is -0.130. The maximum absolute atomic E-state index is 13.6. The molecule has 1 aromatic carbocycles. The molecule has 3 atom stereocenters. The van der Waals surface area contributed by atoms with Gasteiger partial charge in [-0.15, -0.1) is 0 Å². The maximum Gasteiger partial charge on any atom is 0.265 e. The number of Topliss-reactive ketones (excluding diaryl/α,β-unsaturated/α-hetero) is 1. The first-order valence-corrected chi connectivity index (χ1v) is 9.72. The monoisotopic (exact) mass is 379 g/mol. The molecule has 0 spiro atoms. The molecule has 1 heterocycles. The van der Waals surface area contributed by atoms with E-state index in [0.717, 1.165) is 5.56 Å². The van der Waals surface area contributed by atoms with Gasteiger partial charge in [-0.2, -0.15) is 0 Å². The summed E-state index contributed by atoms with van der Waals surface area (Å²) in [6.45, 7) is 8.25. The van der Waals surface area contributed by atoms with E-state index in [1.807, 2.05) is 43.3 Å². The maximum atomic E-state index is 13.6. The number of carbonyl (C=O) groups is 2. The third kappa shape index (κ3) is 2.42. The molecule has 2 aliphatic carbocycles. The van der Waals surface area contributed by atoms with E-state index in [-0.39, 0.29) is 35.9 Å². The summed E-state index contributed by atoms with van der Waals surface area (Å²) in [5.41, 5.74) is -0.415. The van der Waals surface area contributed by atoms with Crippen molar-refractivity contribution >= 4 is 11.6 Å². The zero-order chi connectivity index (χ0) is 20.1. The van der Waals surface area contributed by atoms with Crippen LogP contribution in [0.4, 0.5) is 0 Å². The van der Waals surface area contributed by atoms with Crippen LogP contribution in [0.2, 0.25) is 0 Å². The predicted octanol–water partition coefficient (Wildman–Crippen LogP) is 4.73. The summed E-state index contributed by atoms with van der Waals surface area (Å²) in [5, 5.41) is 4.09. The van der Waals surface area contributed by atoms with Crippen LogP contribution in [0, 0.1) is 16.7 Å². The molecular weight excluding hydrogens is 354 g/mol. The number of hydrogen-bond donors (Lipinski definition) is 0. The molecule has 5 heteroatoms. The summed E-state index contributed by atoms with van der Waals surface area (Å²) < 4.78 is 11.5. The van der Waals surface area contributed by atoms with Gasteiger partial charge < -0.3 is 9.26 Å². The fourth-order valence-electron chi connectivity index (χ4n) is 4.98. The minimum Gasteiger partial charge on any atom is -0.470 e. The van der Waals surface area contributed by atoms with Crippen LogP contribution in [0.15, 0.2) is 47.0 Å². The first-order valence-electron chi connectivity index (χ1n) is 9.72. The molecule has 28 heavy (non-hydrogen) atoms. The van der Waals surface area contributed by atoms with E-state index in [1.165, 1.54) is 0 Å². The quantitative estimate of drug-likeness (QED) is 0.718. The van der Waals surface area contributed by atoms with Crippen molar-refractivity contribution in [1.82, 2.24) is 5.16 Å². The van der Waals surface area contributed by atoms with Gasteiger partial charge in [0.2, 0.25) is 0 Å². The fourth-order valence-corrected chi connectivity index (χ4v) is 4.98. The molecule has 2 aromatic rings. The average molecular weight is 379 g/mol. The molecule has 146 valence electrons. The number of allylic oxidation sites excluding steroid dienone is 2. The number of ketones is 2. The number of rotatable bonds is 4. The minimum atomic E-state index is -1.15. The van der Waals surface area contributed by atoms with Crippen LogP contribution in [0.5, 0.6) is 5.88 Å². The van der Waals surface area contributed by atoms with Gasteiger partial charge in [-0.1, -0.05) is 57.2 Å². The summed E-state index contributed by atoms with van der Waals surface area (Å²) in [6.07, 6.45) is 4.06. The first kappa shape index (κ1) is 18.7. The molecule has 3 unspecified atom stereocenters. The van der Waals surface area contributed by atoms with E-state index in [2.05, 4.69) is 19.0 Å². The van der Waals surface area contributed by atoms with Crippen LogP contribution in [0.1, 0.15) is 61.7 Å². The Hall–Kier alpha value is -2.69. The molecule has 0 radical (unpaired) electrons. The van der Waals surface area contributed by atoms with Gasteiger partial charge in [0.05, 0.1) is 5.41 Å². The first-order chi connectivity index (χ1) is 13.3. The highest BCUT2D eigenvalue weighted by molar-refractivity contribution is 6.20. The Labute approximate surface area is 164 Å². The third-order valence-corrected chi connectivity index (χ3v) is 6.67. The van der Waals surface area contributed by atoms with Gasteiger partial charge in [0.1, 0.15) is 12.2 Å². The molecule has 1 aromatic heterocycles. The molecule has 0 amide bonds. The molecule has 0 N–H and O–H groups in total. The van der Waals surface area contributed by atoms with E-state index in [1.54, 1.807) is 13.0 Å². The second-order valence-corrected chi connectivity index (χ2v) is 8.57. The lowest BCUT2D eigenvalue weighted by Gasteiger charge is -2.53. The smallest absolute Gasteiger partial charge is 0.265 e. The van der Waals surface area contributed by atoms with Crippen LogP contribution >= 0.6 is 0 Å².